The second-order valence-corrected chi connectivity index (χ2v) is 5.30. The zero-order chi connectivity index (χ0) is 12.0. The van der Waals surface area contributed by atoms with E-state index in [1.807, 2.05) is 0 Å². The highest BCUT2D eigenvalue weighted by atomic mass is 79.9. The van der Waals surface area contributed by atoms with Crippen LogP contribution in [0.5, 0.6) is 0 Å². The van der Waals surface area contributed by atoms with Crippen LogP contribution >= 0.6 is 15.9 Å². The summed E-state index contributed by atoms with van der Waals surface area (Å²) in [6.45, 7) is 0.691. The first-order chi connectivity index (χ1) is 8.16. The van der Waals surface area contributed by atoms with Crippen molar-refractivity contribution in [2.75, 3.05) is 0 Å². The van der Waals surface area contributed by atoms with Crippen LogP contribution in [0.25, 0.3) is 10.9 Å². The van der Waals surface area contributed by atoms with Gasteiger partial charge in [0.05, 0.1) is 15.7 Å². The molecule has 88 valence electrons. The summed E-state index contributed by atoms with van der Waals surface area (Å²) < 4.78 is 14.8. The highest BCUT2D eigenvalue weighted by Crippen LogP contribution is 2.30. The summed E-state index contributed by atoms with van der Waals surface area (Å²) in [5, 5.41) is 0.483. The van der Waals surface area contributed by atoms with Crippen molar-refractivity contribution in [1.29, 1.82) is 0 Å². The number of halogens is 2. The minimum Gasteiger partial charge on any atom is -0.295 e. The maximum atomic E-state index is 13.1. The van der Waals surface area contributed by atoms with Gasteiger partial charge in [0.15, 0.2) is 0 Å². The van der Waals surface area contributed by atoms with E-state index in [1.54, 1.807) is 4.57 Å². The Hall–Kier alpha value is -1.23. The van der Waals surface area contributed by atoms with Crippen molar-refractivity contribution >= 4 is 26.8 Å². The Bertz CT molecular complexity index is 653. The fraction of sp³-hybridized carbons (Fsp3) is 0.333. The SMILES string of the molecule is O=c1c2ccc(F)cc2nc2n1CCCC2Br. The first-order valence-electron chi connectivity index (χ1n) is 5.51. The van der Waals surface area contributed by atoms with E-state index in [0.29, 0.717) is 23.3 Å². The normalized spacial score (nSPS) is 19.3. The van der Waals surface area contributed by atoms with Gasteiger partial charge < -0.3 is 0 Å². The number of hydrogen-bond acceptors (Lipinski definition) is 2. The lowest BCUT2D eigenvalue weighted by atomic mass is 10.1. The number of hydrogen-bond donors (Lipinski definition) is 0. The van der Waals surface area contributed by atoms with Crippen LogP contribution in [0.1, 0.15) is 23.5 Å². The van der Waals surface area contributed by atoms with E-state index in [2.05, 4.69) is 20.9 Å². The van der Waals surface area contributed by atoms with Crippen LogP contribution in [0.4, 0.5) is 4.39 Å². The molecular weight excluding hydrogens is 287 g/mol. The predicted molar refractivity (Wildman–Crippen MR) is 66.9 cm³/mol. The third-order valence-corrected chi connectivity index (χ3v) is 3.93. The van der Waals surface area contributed by atoms with E-state index in [0.717, 1.165) is 12.8 Å². The molecule has 17 heavy (non-hydrogen) atoms. The van der Waals surface area contributed by atoms with Gasteiger partial charge >= 0.3 is 0 Å². The van der Waals surface area contributed by atoms with Gasteiger partial charge in [-0.15, -0.1) is 0 Å². The van der Waals surface area contributed by atoms with Crippen LogP contribution in [-0.2, 0) is 6.54 Å². The molecule has 0 saturated carbocycles. The number of nitrogens with zero attached hydrogens (tertiary/aromatic N) is 2. The Balaban J connectivity index is 2.39. The summed E-state index contributed by atoms with van der Waals surface area (Å²) in [6, 6.07) is 4.11. The molecule has 1 aliphatic rings. The molecule has 0 saturated heterocycles. The summed E-state index contributed by atoms with van der Waals surface area (Å²) >= 11 is 3.51. The monoisotopic (exact) mass is 296 g/mol. The molecule has 0 amide bonds. The average Bonchev–Trinajstić information content (AvgIpc) is 2.30. The molecule has 1 atom stereocenters. The highest BCUT2D eigenvalue weighted by molar-refractivity contribution is 9.09. The largest absolute Gasteiger partial charge is 0.295 e. The molecular formula is C12H10BrFN2O. The van der Waals surface area contributed by atoms with E-state index in [4.69, 9.17) is 0 Å². The van der Waals surface area contributed by atoms with Crippen molar-refractivity contribution in [2.24, 2.45) is 0 Å². The van der Waals surface area contributed by atoms with Gasteiger partial charge in [0.25, 0.3) is 5.56 Å². The van der Waals surface area contributed by atoms with Crippen LogP contribution in [0.2, 0.25) is 0 Å². The summed E-state index contributed by atoms with van der Waals surface area (Å²) in [4.78, 5) is 16.7. The summed E-state index contributed by atoms with van der Waals surface area (Å²) in [5.41, 5.74) is 0.363. The zero-order valence-corrected chi connectivity index (χ0v) is 10.6. The van der Waals surface area contributed by atoms with Gasteiger partial charge in [0.2, 0.25) is 0 Å². The Morgan fingerprint density at radius 2 is 2.29 bits per heavy atom. The van der Waals surface area contributed by atoms with Crippen LogP contribution in [0, 0.1) is 5.82 Å². The van der Waals surface area contributed by atoms with E-state index >= 15 is 0 Å². The number of aromatic nitrogens is 2. The molecule has 0 radical (unpaired) electrons. The second kappa shape index (κ2) is 3.91. The van der Waals surface area contributed by atoms with Crippen molar-refractivity contribution in [3.63, 3.8) is 0 Å². The molecule has 0 spiro atoms. The number of fused-ring (bicyclic) bond motifs is 2. The quantitative estimate of drug-likeness (QED) is 0.701. The Morgan fingerprint density at radius 3 is 3.12 bits per heavy atom. The molecule has 2 heterocycles. The fourth-order valence-corrected chi connectivity index (χ4v) is 2.90. The van der Waals surface area contributed by atoms with Crippen LogP contribution in [0.15, 0.2) is 23.0 Å². The smallest absolute Gasteiger partial charge is 0.261 e. The maximum absolute atomic E-state index is 13.1. The van der Waals surface area contributed by atoms with Crippen molar-refractivity contribution in [1.82, 2.24) is 9.55 Å². The minimum atomic E-state index is -0.365. The van der Waals surface area contributed by atoms with E-state index in [9.17, 15) is 9.18 Å². The first kappa shape index (κ1) is 10.9. The van der Waals surface area contributed by atoms with E-state index in [-0.39, 0.29) is 16.2 Å². The Morgan fingerprint density at radius 1 is 1.47 bits per heavy atom. The number of rotatable bonds is 0. The molecule has 0 N–H and O–H groups in total. The molecule has 0 bridgehead atoms. The predicted octanol–water partition coefficient (Wildman–Crippen LogP) is 2.77. The molecule has 0 fully saturated rings. The molecule has 1 aliphatic heterocycles. The summed E-state index contributed by atoms with van der Waals surface area (Å²) in [7, 11) is 0. The van der Waals surface area contributed by atoms with Crippen molar-refractivity contribution in [3.05, 3.63) is 40.2 Å². The molecule has 1 aromatic heterocycles. The van der Waals surface area contributed by atoms with Gasteiger partial charge in [0.1, 0.15) is 11.6 Å². The molecule has 3 nitrogen and oxygen atoms in total. The van der Waals surface area contributed by atoms with Crippen LogP contribution in [-0.4, -0.2) is 9.55 Å². The third kappa shape index (κ3) is 1.69. The highest BCUT2D eigenvalue weighted by Gasteiger charge is 2.21. The van der Waals surface area contributed by atoms with Gasteiger partial charge in [-0.1, -0.05) is 15.9 Å². The number of alkyl halides is 1. The molecule has 1 unspecified atom stereocenters. The Kier molecular flexibility index (Phi) is 2.50. The molecule has 2 aromatic rings. The van der Waals surface area contributed by atoms with Gasteiger partial charge in [0, 0.05) is 12.6 Å². The van der Waals surface area contributed by atoms with Crippen molar-refractivity contribution < 1.29 is 4.39 Å². The van der Waals surface area contributed by atoms with Crippen LogP contribution < -0.4 is 5.56 Å². The average molecular weight is 297 g/mol. The zero-order valence-electron chi connectivity index (χ0n) is 8.99. The van der Waals surface area contributed by atoms with E-state index in [1.165, 1.54) is 18.2 Å². The minimum absolute atomic E-state index is 0.0749. The maximum Gasteiger partial charge on any atom is 0.261 e. The van der Waals surface area contributed by atoms with Gasteiger partial charge in [-0.3, -0.25) is 9.36 Å². The molecule has 5 heteroatoms. The van der Waals surface area contributed by atoms with Gasteiger partial charge in [-0.05, 0) is 25.0 Å². The summed E-state index contributed by atoms with van der Waals surface area (Å²) in [6.07, 6.45) is 1.91. The first-order valence-corrected chi connectivity index (χ1v) is 6.42. The molecule has 3 rings (SSSR count). The lowest BCUT2D eigenvalue weighted by molar-refractivity contribution is 0.498. The third-order valence-electron chi connectivity index (χ3n) is 3.07. The molecule has 1 aromatic carbocycles. The van der Waals surface area contributed by atoms with Crippen LogP contribution in [0.3, 0.4) is 0 Å². The number of benzene rings is 1. The van der Waals surface area contributed by atoms with Gasteiger partial charge in [-0.2, -0.15) is 0 Å². The van der Waals surface area contributed by atoms with Gasteiger partial charge in [-0.25, -0.2) is 9.37 Å². The standard InChI is InChI=1S/C12H10BrFN2O/c13-9-2-1-5-16-11(9)15-10-6-7(14)3-4-8(10)12(16)17/h3-4,6,9H,1-2,5H2. The van der Waals surface area contributed by atoms with Crippen molar-refractivity contribution in [2.45, 2.75) is 24.2 Å². The summed E-state index contributed by atoms with van der Waals surface area (Å²) in [5.74, 6) is 0.343. The lowest BCUT2D eigenvalue weighted by Gasteiger charge is -2.22. The lowest BCUT2D eigenvalue weighted by Crippen LogP contribution is -2.29. The van der Waals surface area contributed by atoms with E-state index < -0.39 is 0 Å². The fourth-order valence-electron chi connectivity index (χ4n) is 2.22. The van der Waals surface area contributed by atoms with Crippen molar-refractivity contribution in [3.8, 4) is 0 Å². The molecule has 0 aliphatic carbocycles. The topological polar surface area (TPSA) is 34.9 Å². The second-order valence-electron chi connectivity index (χ2n) is 4.20. The Labute approximate surface area is 105 Å².